The molecule has 0 radical (unpaired) electrons. The molecule has 4 rings (SSSR count). The Kier molecular flexibility index (Phi) is 5.37. The van der Waals surface area contributed by atoms with E-state index in [1.165, 1.54) is 30.9 Å². The average Bonchev–Trinajstić information content (AvgIpc) is 3.20. The van der Waals surface area contributed by atoms with Gasteiger partial charge in [-0.15, -0.1) is 22.7 Å². The van der Waals surface area contributed by atoms with Crippen LogP contribution in [0.2, 0.25) is 0 Å². The Hall–Kier alpha value is -1.08. The lowest BCUT2D eigenvalue weighted by Crippen LogP contribution is -1.84. The summed E-state index contributed by atoms with van der Waals surface area (Å²) in [6, 6.07) is 16.7. The highest BCUT2D eigenvalue weighted by molar-refractivity contribution is 8.01. The molecule has 0 fully saturated rings. The van der Waals surface area contributed by atoms with Gasteiger partial charge in [0.1, 0.15) is 0 Å². The third-order valence-corrected chi connectivity index (χ3v) is 8.07. The molecular weight excluding hydrogens is 372 g/mol. The lowest BCUT2D eigenvalue weighted by Gasteiger charge is -1.98. The summed E-state index contributed by atoms with van der Waals surface area (Å²) in [4.78, 5) is 9.34. The summed E-state index contributed by atoms with van der Waals surface area (Å²) in [7, 11) is 0. The summed E-state index contributed by atoms with van der Waals surface area (Å²) < 4.78 is 4.95. The topological polar surface area (TPSA) is 25.8 Å². The first-order valence-corrected chi connectivity index (χ1v) is 11.5. The van der Waals surface area contributed by atoms with Crippen molar-refractivity contribution in [3.63, 3.8) is 0 Å². The fourth-order valence-corrected chi connectivity index (χ4v) is 6.62. The zero-order valence-electron chi connectivity index (χ0n) is 13.0. The Morgan fingerprint density at radius 3 is 1.58 bits per heavy atom. The Labute approximate surface area is 157 Å². The van der Waals surface area contributed by atoms with E-state index in [-0.39, 0.29) is 0 Å². The summed E-state index contributed by atoms with van der Waals surface area (Å²) >= 11 is 7.36. The van der Waals surface area contributed by atoms with E-state index in [2.05, 4.69) is 58.5 Å². The molecule has 0 saturated heterocycles. The highest BCUT2D eigenvalue weighted by Gasteiger charge is 2.05. The Morgan fingerprint density at radius 1 is 0.667 bits per heavy atom. The van der Waals surface area contributed by atoms with Crippen LogP contribution in [-0.2, 0) is 0 Å². The molecule has 2 heterocycles. The van der Waals surface area contributed by atoms with Crippen molar-refractivity contribution >= 4 is 66.6 Å². The van der Waals surface area contributed by atoms with Crippen LogP contribution in [0, 0.1) is 0 Å². The number of unbranched alkanes of at least 4 members (excludes halogenated alkanes) is 1. The van der Waals surface area contributed by atoms with Crippen LogP contribution in [-0.4, -0.2) is 21.5 Å². The SMILES string of the molecule is c1ccc2sc(SCCCCSc3nc4ccccc4s3)nc2c1. The first kappa shape index (κ1) is 16.4. The maximum Gasteiger partial charge on any atom is 0.151 e. The van der Waals surface area contributed by atoms with Crippen molar-refractivity contribution in [2.75, 3.05) is 11.5 Å². The summed E-state index contributed by atoms with van der Waals surface area (Å²) in [6.07, 6.45) is 2.44. The molecular formula is C18H16N2S4. The van der Waals surface area contributed by atoms with E-state index in [4.69, 9.17) is 0 Å². The number of hydrogen-bond acceptors (Lipinski definition) is 6. The average molecular weight is 389 g/mol. The number of nitrogens with zero attached hydrogens (tertiary/aromatic N) is 2. The van der Waals surface area contributed by atoms with Crippen LogP contribution in [0.25, 0.3) is 20.4 Å². The summed E-state index contributed by atoms with van der Waals surface area (Å²) in [6.45, 7) is 0. The maximum absolute atomic E-state index is 4.67. The van der Waals surface area contributed by atoms with Crippen LogP contribution < -0.4 is 0 Å². The normalized spacial score (nSPS) is 11.5. The highest BCUT2D eigenvalue weighted by atomic mass is 32.2. The number of para-hydroxylation sites is 2. The Morgan fingerprint density at radius 2 is 1.12 bits per heavy atom. The largest absolute Gasteiger partial charge is 0.230 e. The van der Waals surface area contributed by atoms with Crippen LogP contribution in [0.3, 0.4) is 0 Å². The van der Waals surface area contributed by atoms with Crippen LogP contribution in [0.5, 0.6) is 0 Å². The molecule has 0 aliphatic carbocycles. The predicted molar refractivity (Wildman–Crippen MR) is 110 cm³/mol. The number of thiazole rings is 2. The van der Waals surface area contributed by atoms with Gasteiger partial charge >= 0.3 is 0 Å². The van der Waals surface area contributed by atoms with Crippen LogP contribution in [0.1, 0.15) is 12.8 Å². The number of hydrogen-bond donors (Lipinski definition) is 0. The van der Waals surface area contributed by atoms with E-state index in [1.54, 1.807) is 22.7 Å². The molecule has 0 aliphatic heterocycles. The molecule has 6 heteroatoms. The minimum atomic E-state index is 1.12. The second kappa shape index (κ2) is 7.87. The molecule has 0 unspecified atom stereocenters. The van der Waals surface area contributed by atoms with Crippen LogP contribution in [0.4, 0.5) is 0 Å². The van der Waals surface area contributed by atoms with Crippen molar-refractivity contribution < 1.29 is 0 Å². The van der Waals surface area contributed by atoms with Gasteiger partial charge in [-0.2, -0.15) is 0 Å². The number of fused-ring (bicyclic) bond motifs is 2. The molecule has 0 bridgehead atoms. The van der Waals surface area contributed by atoms with Gasteiger partial charge in [-0.1, -0.05) is 47.8 Å². The quantitative estimate of drug-likeness (QED) is 0.264. The minimum absolute atomic E-state index is 1.12. The molecule has 0 atom stereocenters. The van der Waals surface area contributed by atoms with Gasteiger partial charge in [-0.25, -0.2) is 9.97 Å². The van der Waals surface area contributed by atoms with E-state index >= 15 is 0 Å². The van der Waals surface area contributed by atoms with Crippen molar-refractivity contribution in [3.8, 4) is 0 Å². The maximum atomic E-state index is 4.67. The van der Waals surface area contributed by atoms with E-state index < -0.39 is 0 Å². The van der Waals surface area contributed by atoms with Crippen molar-refractivity contribution in [2.45, 2.75) is 21.5 Å². The van der Waals surface area contributed by atoms with Crippen molar-refractivity contribution in [2.24, 2.45) is 0 Å². The Balaban J connectivity index is 1.20. The predicted octanol–water partition coefficient (Wildman–Crippen LogP) is 6.57. The number of rotatable bonds is 7. The molecule has 0 N–H and O–H groups in total. The molecule has 122 valence electrons. The molecule has 0 spiro atoms. The van der Waals surface area contributed by atoms with E-state index in [0.717, 1.165) is 22.5 Å². The molecule has 2 aromatic heterocycles. The van der Waals surface area contributed by atoms with Crippen molar-refractivity contribution in [1.82, 2.24) is 9.97 Å². The molecule has 0 saturated carbocycles. The van der Waals surface area contributed by atoms with Crippen LogP contribution >= 0.6 is 46.2 Å². The lowest BCUT2D eigenvalue weighted by molar-refractivity contribution is 0.906. The standard InChI is InChI=1S/C18H16N2S4/c1-3-9-15-13(7-1)19-17(23-15)21-11-5-6-12-22-18-20-14-8-2-4-10-16(14)24-18/h1-4,7-10H,5-6,11-12H2. The summed E-state index contributed by atoms with van der Waals surface area (Å²) in [5, 5.41) is 0. The number of benzene rings is 2. The van der Waals surface area contributed by atoms with Gasteiger partial charge in [0.2, 0.25) is 0 Å². The van der Waals surface area contributed by atoms with Crippen molar-refractivity contribution in [1.29, 1.82) is 0 Å². The zero-order valence-corrected chi connectivity index (χ0v) is 16.2. The molecule has 24 heavy (non-hydrogen) atoms. The van der Waals surface area contributed by atoms with Crippen LogP contribution in [0.15, 0.2) is 57.2 Å². The van der Waals surface area contributed by atoms with Gasteiger partial charge in [0, 0.05) is 11.5 Å². The summed E-state index contributed by atoms with van der Waals surface area (Å²) in [5.41, 5.74) is 2.24. The number of aromatic nitrogens is 2. The minimum Gasteiger partial charge on any atom is -0.230 e. The van der Waals surface area contributed by atoms with Gasteiger partial charge in [-0.05, 0) is 37.1 Å². The highest BCUT2D eigenvalue weighted by Crippen LogP contribution is 2.31. The van der Waals surface area contributed by atoms with Gasteiger partial charge in [0.25, 0.3) is 0 Å². The van der Waals surface area contributed by atoms with Crippen molar-refractivity contribution in [3.05, 3.63) is 48.5 Å². The molecule has 4 aromatic rings. The number of thioether (sulfide) groups is 2. The summed E-state index contributed by atoms with van der Waals surface area (Å²) in [5.74, 6) is 2.28. The van der Waals surface area contributed by atoms with E-state index in [0.29, 0.717) is 0 Å². The zero-order chi connectivity index (χ0) is 16.2. The first-order valence-electron chi connectivity index (χ1n) is 7.85. The lowest BCUT2D eigenvalue weighted by atomic mass is 10.3. The van der Waals surface area contributed by atoms with Gasteiger partial charge < -0.3 is 0 Å². The fourth-order valence-electron chi connectivity index (χ4n) is 2.35. The molecule has 0 aliphatic rings. The second-order valence-corrected chi connectivity index (χ2v) is 10.0. The van der Waals surface area contributed by atoms with Gasteiger partial charge in [0.15, 0.2) is 8.68 Å². The Bertz CT molecular complexity index is 800. The monoisotopic (exact) mass is 388 g/mol. The van der Waals surface area contributed by atoms with E-state index in [9.17, 15) is 0 Å². The third-order valence-electron chi connectivity index (χ3n) is 3.54. The second-order valence-electron chi connectivity index (χ2n) is 5.30. The van der Waals surface area contributed by atoms with Gasteiger partial charge in [-0.3, -0.25) is 0 Å². The van der Waals surface area contributed by atoms with Gasteiger partial charge in [0.05, 0.1) is 20.4 Å². The third kappa shape index (κ3) is 3.94. The smallest absolute Gasteiger partial charge is 0.151 e. The first-order chi connectivity index (χ1) is 11.9. The molecule has 2 nitrogen and oxygen atoms in total. The fraction of sp³-hybridized carbons (Fsp3) is 0.222. The van der Waals surface area contributed by atoms with E-state index in [1.807, 2.05) is 23.5 Å². The molecule has 0 amide bonds. The molecule has 2 aromatic carbocycles.